The van der Waals surface area contributed by atoms with Crippen molar-refractivity contribution in [3.8, 4) is 28.5 Å². The highest BCUT2D eigenvalue weighted by atomic mass is 16.5. The predicted octanol–water partition coefficient (Wildman–Crippen LogP) is 2.49. The third-order valence-corrected chi connectivity index (χ3v) is 3.71. The molecule has 0 spiro atoms. The molecule has 1 aromatic heterocycles. The summed E-state index contributed by atoms with van der Waals surface area (Å²) in [5.41, 5.74) is 7.80. The number of nitrogens with two attached hydrogens (primary N) is 1. The molecule has 3 rings (SSSR count). The van der Waals surface area contributed by atoms with E-state index in [0.29, 0.717) is 29.1 Å². The lowest BCUT2D eigenvalue weighted by molar-refractivity contribution is 0.324. The van der Waals surface area contributed by atoms with Crippen LogP contribution in [0.4, 0.5) is 5.82 Å². The maximum atomic E-state index is 6.22. The summed E-state index contributed by atoms with van der Waals surface area (Å²) in [6.45, 7) is 0. The molecule has 0 amide bonds. The molecule has 1 aromatic carbocycles. The second kappa shape index (κ2) is 5.20. The lowest BCUT2D eigenvalue weighted by Gasteiger charge is -2.13. The number of imidazole rings is 1. The standard InChI is InChI=1S/C15H19N3O3/c1-19-11-6-9(7-12(20-2)14(11)21-3)13-15(16)18(8-17-13)10-4-5-10/h6-8,10H,4-5,16H2,1-3H3. The first-order valence-corrected chi connectivity index (χ1v) is 6.82. The summed E-state index contributed by atoms with van der Waals surface area (Å²) in [6.07, 6.45) is 4.12. The molecule has 0 unspecified atom stereocenters. The maximum absolute atomic E-state index is 6.22. The van der Waals surface area contributed by atoms with Gasteiger partial charge in [-0.25, -0.2) is 4.98 Å². The highest BCUT2D eigenvalue weighted by Gasteiger charge is 2.27. The van der Waals surface area contributed by atoms with Gasteiger partial charge in [0.05, 0.1) is 27.7 Å². The number of aromatic nitrogens is 2. The summed E-state index contributed by atoms with van der Waals surface area (Å²) in [6, 6.07) is 4.21. The Morgan fingerprint density at radius 2 is 1.71 bits per heavy atom. The molecule has 1 fully saturated rings. The van der Waals surface area contributed by atoms with Crippen LogP contribution in [0.2, 0.25) is 0 Å². The van der Waals surface area contributed by atoms with E-state index in [2.05, 4.69) is 4.98 Å². The second-order valence-electron chi connectivity index (χ2n) is 5.03. The SMILES string of the molecule is COc1cc(-c2ncn(C3CC3)c2N)cc(OC)c1OC. The zero-order valence-corrected chi connectivity index (χ0v) is 12.4. The minimum atomic E-state index is 0.494. The molecule has 0 saturated heterocycles. The minimum absolute atomic E-state index is 0.494. The van der Waals surface area contributed by atoms with Gasteiger partial charge in [-0.3, -0.25) is 0 Å². The summed E-state index contributed by atoms with van der Waals surface area (Å²) in [5, 5.41) is 0. The molecule has 0 radical (unpaired) electrons. The first kappa shape index (κ1) is 13.6. The average Bonchev–Trinajstić information content (AvgIpc) is 3.28. The van der Waals surface area contributed by atoms with Gasteiger partial charge in [0.15, 0.2) is 11.5 Å². The van der Waals surface area contributed by atoms with E-state index in [1.165, 1.54) is 0 Å². The summed E-state index contributed by atoms with van der Waals surface area (Å²) in [5.74, 6) is 2.41. The molecule has 6 heteroatoms. The quantitative estimate of drug-likeness (QED) is 0.915. The summed E-state index contributed by atoms with van der Waals surface area (Å²) in [7, 11) is 4.76. The van der Waals surface area contributed by atoms with E-state index in [1.807, 2.05) is 16.7 Å². The molecule has 2 N–H and O–H groups in total. The van der Waals surface area contributed by atoms with Crippen LogP contribution in [-0.4, -0.2) is 30.9 Å². The van der Waals surface area contributed by atoms with Crippen LogP contribution >= 0.6 is 0 Å². The van der Waals surface area contributed by atoms with Gasteiger partial charge >= 0.3 is 0 Å². The highest BCUT2D eigenvalue weighted by Crippen LogP contribution is 2.43. The molecule has 0 atom stereocenters. The van der Waals surface area contributed by atoms with Gasteiger partial charge in [0.1, 0.15) is 11.5 Å². The van der Waals surface area contributed by atoms with E-state index in [4.69, 9.17) is 19.9 Å². The molecular formula is C15H19N3O3. The van der Waals surface area contributed by atoms with Gasteiger partial charge in [-0.15, -0.1) is 0 Å². The molecule has 21 heavy (non-hydrogen) atoms. The molecule has 2 aromatic rings. The predicted molar refractivity (Wildman–Crippen MR) is 80.0 cm³/mol. The van der Waals surface area contributed by atoms with Gasteiger partial charge in [0, 0.05) is 11.6 Å². The largest absolute Gasteiger partial charge is 0.493 e. The van der Waals surface area contributed by atoms with E-state index in [0.717, 1.165) is 24.1 Å². The van der Waals surface area contributed by atoms with Crippen molar-refractivity contribution in [2.24, 2.45) is 0 Å². The first-order chi connectivity index (χ1) is 10.2. The van der Waals surface area contributed by atoms with Crippen LogP contribution in [0.5, 0.6) is 17.2 Å². The number of anilines is 1. The third-order valence-electron chi connectivity index (χ3n) is 3.71. The molecule has 6 nitrogen and oxygen atoms in total. The fraction of sp³-hybridized carbons (Fsp3) is 0.400. The lowest BCUT2D eigenvalue weighted by Crippen LogP contribution is -2.00. The van der Waals surface area contributed by atoms with Crippen molar-refractivity contribution in [1.29, 1.82) is 0 Å². The van der Waals surface area contributed by atoms with Gasteiger partial charge < -0.3 is 24.5 Å². The summed E-state index contributed by atoms with van der Waals surface area (Å²) < 4.78 is 18.1. The van der Waals surface area contributed by atoms with Crippen LogP contribution < -0.4 is 19.9 Å². The molecule has 1 heterocycles. The Kier molecular flexibility index (Phi) is 3.37. The number of hydrogen-bond donors (Lipinski definition) is 1. The highest BCUT2D eigenvalue weighted by molar-refractivity contribution is 5.75. The number of hydrogen-bond acceptors (Lipinski definition) is 5. The van der Waals surface area contributed by atoms with Gasteiger partial charge in [-0.2, -0.15) is 0 Å². The topological polar surface area (TPSA) is 71.5 Å². The van der Waals surface area contributed by atoms with Crippen LogP contribution in [0.15, 0.2) is 18.5 Å². The van der Waals surface area contributed by atoms with Crippen molar-refractivity contribution in [3.63, 3.8) is 0 Å². The number of nitrogen functional groups attached to an aromatic ring is 1. The fourth-order valence-electron chi connectivity index (χ4n) is 2.45. The number of methoxy groups -OCH3 is 3. The molecule has 1 aliphatic carbocycles. The van der Waals surface area contributed by atoms with Crippen molar-refractivity contribution in [1.82, 2.24) is 9.55 Å². The fourth-order valence-corrected chi connectivity index (χ4v) is 2.45. The number of rotatable bonds is 5. The Morgan fingerprint density at radius 1 is 1.10 bits per heavy atom. The molecule has 0 bridgehead atoms. The van der Waals surface area contributed by atoms with E-state index in [1.54, 1.807) is 27.7 Å². The van der Waals surface area contributed by atoms with Crippen LogP contribution in [-0.2, 0) is 0 Å². The van der Waals surface area contributed by atoms with Gasteiger partial charge in [0.25, 0.3) is 0 Å². The van der Waals surface area contributed by atoms with Crippen molar-refractivity contribution in [2.75, 3.05) is 27.1 Å². The van der Waals surface area contributed by atoms with Crippen LogP contribution in [0.1, 0.15) is 18.9 Å². The zero-order chi connectivity index (χ0) is 15.0. The van der Waals surface area contributed by atoms with Crippen LogP contribution in [0, 0.1) is 0 Å². The van der Waals surface area contributed by atoms with E-state index in [9.17, 15) is 0 Å². The van der Waals surface area contributed by atoms with Crippen molar-refractivity contribution >= 4 is 5.82 Å². The minimum Gasteiger partial charge on any atom is -0.493 e. The average molecular weight is 289 g/mol. The first-order valence-electron chi connectivity index (χ1n) is 6.82. The van der Waals surface area contributed by atoms with Gasteiger partial charge in [-0.1, -0.05) is 0 Å². The van der Waals surface area contributed by atoms with Crippen LogP contribution in [0.25, 0.3) is 11.3 Å². The Hall–Kier alpha value is -2.37. The van der Waals surface area contributed by atoms with E-state index in [-0.39, 0.29) is 0 Å². The Bertz CT molecular complexity index is 637. The lowest BCUT2D eigenvalue weighted by atomic mass is 10.1. The van der Waals surface area contributed by atoms with Gasteiger partial charge in [-0.05, 0) is 25.0 Å². The monoisotopic (exact) mass is 289 g/mol. The maximum Gasteiger partial charge on any atom is 0.203 e. The molecule has 1 saturated carbocycles. The second-order valence-corrected chi connectivity index (χ2v) is 5.03. The van der Waals surface area contributed by atoms with E-state index < -0.39 is 0 Å². The molecular weight excluding hydrogens is 270 g/mol. The Balaban J connectivity index is 2.09. The Morgan fingerprint density at radius 3 is 2.19 bits per heavy atom. The van der Waals surface area contributed by atoms with Crippen molar-refractivity contribution in [3.05, 3.63) is 18.5 Å². The molecule has 1 aliphatic rings. The Labute approximate surface area is 123 Å². The van der Waals surface area contributed by atoms with Gasteiger partial charge in [0.2, 0.25) is 5.75 Å². The number of nitrogens with zero attached hydrogens (tertiary/aromatic N) is 2. The molecule has 112 valence electrons. The van der Waals surface area contributed by atoms with E-state index >= 15 is 0 Å². The van der Waals surface area contributed by atoms with Crippen LogP contribution in [0.3, 0.4) is 0 Å². The smallest absolute Gasteiger partial charge is 0.203 e. The zero-order valence-electron chi connectivity index (χ0n) is 12.4. The van der Waals surface area contributed by atoms with Crippen molar-refractivity contribution < 1.29 is 14.2 Å². The number of benzene rings is 1. The number of ether oxygens (including phenoxy) is 3. The third kappa shape index (κ3) is 2.26. The summed E-state index contributed by atoms with van der Waals surface area (Å²) >= 11 is 0. The van der Waals surface area contributed by atoms with Crippen molar-refractivity contribution in [2.45, 2.75) is 18.9 Å². The summed E-state index contributed by atoms with van der Waals surface area (Å²) in [4.78, 5) is 4.44. The molecule has 0 aliphatic heterocycles. The normalized spacial score (nSPS) is 14.0.